The largest absolute Gasteiger partial charge is 0.466 e. The molecule has 0 bridgehead atoms. The molecular formula is C12H15ClFN3O3. The van der Waals surface area contributed by atoms with Crippen molar-refractivity contribution in [2.24, 2.45) is 16.5 Å². The van der Waals surface area contributed by atoms with E-state index in [0.717, 1.165) is 12.1 Å². The molecule has 0 atom stereocenters. The molecule has 0 aliphatic heterocycles. The molecule has 110 valence electrons. The van der Waals surface area contributed by atoms with Crippen molar-refractivity contribution < 1.29 is 18.7 Å². The first kappa shape index (κ1) is 17.8. The number of ether oxygens (including phenoxy) is 1. The number of aliphatic imine (C=N–C) groups is 1. The molecule has 6 nitrogen and oxygen atoms in total. The molecule has 8 heteroatoms. The van der Waals surface area contributed by atoms with Crippen molar-refractivity contribution in [3.63, 3.8) is 0 Å². The fraction of sp³-hybridized carbons (Fsp3) is 0.250. The van der Waals surface area contributed by atoms with Crippen LogP contribution in [-0.2, 0) is 9.53 Å². The number of hydrogen-bond acceptors (Lipinski definition) is 3. The Labute approximate surface area is 120 Å². The highest BCUT2D eigenvalue weighted by atomic mass is 35.5. The Morgan fingerprint density at radius 2 is 2.00 bits per heavy atom. The zero-order valence-corrected chi connectivity index (χ0v) is 11.8. The van der Waals surface area contributed by atoms with Gasteiger partial charge in [-0.3, -0.25) is 9.59 Å². The van der Waals surface area contributed by atoms with Crippen molar-refractivity contribution in [1.82, 2.24) is 0 Å². The summed E-state index contributed by atoms with van der Waals surface area (Å²) in [6.07, 6.45) is 0. The number of nitrogens with zero attached hydrogens (tertiary/aromatic N) is 1. The number of halogens is 2. The number of guanidine groups is 1. The third-order valence-corrected chi connectivity index (χ3v) is 1.97. The molecule has 0 aliphatic rings. The predicted molar refractivity (Wildman–Crippen MR) is 73.9 cm³/mol. The quantitative estimate of drug-likeness (QED) is 0.488. The van der Waals surface area contributed by atoms with Gasteiger partial charge in [0.15, 0.2) is 5.96 Å². The molecule has 1 rings (SSSR count). The van der Waals surface area contributed by atoms with Crippen LogP contribution in [0.25, 0.3) is 0 Å². The zero-order valence-electron chi connectivity index (χ0n) is 11.0. The summed E-state index contributed by atoms with van der Waals surface area (Å²) in [5.41, 5.74) is 9.68. The van der Waals surface area contributed by atoms with Gasteiger partial charge in [-0.25, -0.2) is 4.39 Å². The predicted octanol–water partition coefficient (Wildman–Crippen LogP) is 1.46. The SMILES string of the molecule is CCOC(C)=O.NC(N)=NC(=O)c1cc(Cl)ccc1F. The second-order valence-corrected chi connectivity index (χ2v) is 3.83. The fourth-order valence-electron chi connectivity index (χ4n) is 1.04. The Kier molecular flexibility index (Phi) is 7.91. The maximum atomic E-state index is 13.0. The minimum Gasteiger partial charge on any atom is -0.466 e. The molecule has 0 aromatic heterocycles. The lowest BCUT2D eigenvalue weighted by molar-refractivity contribution is -0.140. The van der Waals surface area contributed by atoms with Crippen LogP contribution in [0.2, 0.25) is 5.02 Å². The first-order valence-corrected chi connectivity index (χ1v) is 5.88. The Balaban J connectivity index is 0.000000511. The number of rotatable bonds is 2. The maximum Gasteiger partial charge on any atom is 0.302 e. The van der Waals surface area contributed by atoms with Crippen molar-refractivity contribution in [3.8, 4) is 0 Å². The van der Waals surface area contributed by atoms with Crippen LogP contribution in [-0.4, -0.2) is 24.4 Å². The third kappa shape index (κ3) is 7.32. The molecule has 1 amide bonds. The second kappa shape index (κ2) is 8.87. The van der Waals surface area contributed by atoms with Crippen LogP contribution in [0.4, 0.5) is 4.39 Å². The van der Waals surface area contributed by atoms with E-state index < -0.39 is 17.7 Å². The summed E-state index contributed by atoms with van der Waals surface area (Å²) in [5, 5.41) is 0.237. The second-order valence-electron chi connectivity index (χ2n) is 3.39. The van der Waals surface area contributed by atoms with Gasteiger partial charge < -0.3 is 16.2 Å². The summed E-state index contributed by atoms with van der Waals surface area (Å²) in [4.78, 5) is 24.2. The highest BCUT2D eigenvalue weighted by Crippen LogP contribution is 2.15. The van der Waals surface area contributed by atoms with Gasteiger partial charge >= 0.3 is 5.97 Å². The van der Waals surface area contributed by atoms with Crippen molar-refractivity contribution >= 4 is 29.4 Å². The number of nitrogens with two attached hydrogens (primary N) is 2. The molecule has 0 unspecified atom stereocenters. The first-order valence-electron chi connectivity index (χ1n) is 5.50. The van der Waals surface area contributed by atoms with Gasteiger partial charge in [-0.05, 0) is 25.1 Å². The van der Waals surface area contributed by atoms with Crippen LogP contribution < -0.4 is 11.5 Å². The molecular weight excluding hydrogens is 289 g/mol. The molecule has 0 spiro atoms. The molecule has 0 aliphatic carbocycles. The minimum absolute atomic E-state index is 0.211. The molecule has 0 saturated carbocycles. The lowest BCUT2D eigenvalue weighted by Crippen LogP contribution is -2.24. The Bertz CT molecular complexity index is 517. The number of benzene rings is 1. The summed E-state index contributed by atoms with van der Waals surface area (Å²) in [7, 11) is 0. The number of carbonyl (C=O) groups excluding carboxylic acids is 2. The van der Waals surface area contributed by atoms with Gasteiger partial charge in [0.25, 0.3) is 5.91 Å². The molecule has 1 aromatic carbocycles. The number of amides is 1. The van der Waals surface area contributed by atoms with Gasteiger partial charge in [-0.2, -0.15) is 4.99 Å². The smallest absolute Gasteiger partial charge is 0.302 e. The van der Waals surface area contributed by atoms with Crippen molar-refractivity contribution in [3.05, 3.63) is 34.6 Å². The Morgan fingerprint density at radius 1 is 1.40 bits per heavy atom. The van der Waals surface area contributed by atoms with Crippen LogP contribution in [0.5, 0.6) is 0 Å². The molecule has 20 heavy (non-hydrogen) atoms. The summed E-state index contributed by atoms with van der Waals surface area (Å²) in [5.74, 6) is -2.21. The van der Waals surface area contributed by atoms with E-state index in [-0.39, 0.29) is 16.6 Å². The van der Waals surface area contributed by atoms with Crippen LogP contribution in [0.15, 0.2) is 23.2 Å². The maximum absolute atomic E-state index is 13.0. The Hall–Kier alpha value is -2.15. The van der Waals surface area contributed by atoms with Gasteiger partial charge in [0.2, 0.25) is 0 Å². The van der Waals surface area contributed by atoms with Crippen LogP contribution in [0.3, 0.4) is 0 Å². The molecule has 4 N–H and O–H groups in total. The normalized spacial score (nSPS) is 9.00. The van der Waals surface area contributed by atoms with E-state index >= 15 is 0 Å². The number of hydrogen-bond donors (Lipinski definition) is 2. The lowest BCUT2D eigenvalue weighted by atomic mass is 10.2. The van der Waals surface area contributed by atoms with Crippen LogP contribution >= 0.6 is 11.6 Å². The topological polar surface area (TPSA) is 108 Å². The van der Waals surface area contributed by atoms with E-state index in [4.69, 9.17) is 23.1 Å². The van der Waals surface area contributed by atoms with Gasteiger partial charge in [-0.1, -0.05) is 11.6 Å². The molecule has 0 heterocycles. The third-order valence-electron chi connectivity index (χ3n) is 1.74. The minimum atomic E-state index is -0.856. The van der Waals surface area contributed by atoms with Gasteiger partial charge in [0, 0.05) is 11.9 Å². The monoisotopic (exact) mass is 303 g/mol. The fourth-order valence-corrected chi connectivity index (χ4v) is 1.21. The number of esters is 1. The Morgan fingerprint density at radius 3 is 2.40 bits per heavy atom. The average molecular weight is 304 g/mol. The summed E-state index contributed by atoms with van der Waals surface area (Å²) >= 11 is 5.57. The van der Waals surface area contributed by atoms with E-state index in [1.807, 2.05) is 0 Å². The average Bonchev–Trinajstić information content (AvgIpc) is 2.32. The lowest BCUT2D eigenvalue weighted by Gasteiger charge is -1.98. The van der Waals surface area contributed by atoms with E-state index in [0.29, 0.717) is 6.61 Å². The van der Waals surface area contributed by atoms with Gasteiger partial charge in [-0.15, -0.1) is 0 Å². The summed E-state index contributed by atoms with van der Waals surface area (Å²) in [6.45, 7) is 3.65. The highest BCUT2D eigenvalue weighted by Gasteiger charge is 2.11. The van der Waals surface area contributed by atoms with E-state index in [1.54, 1.807) is 6.92 Å². The number of carbonyl (C=O) groups is 2. The zero-order chi connectivity index (χ0) is 15.7. The van der Waals surface area contributed by atoms with Gasteiger partial charge in [0.05, 0.1) is 12.2 Å². The van der Waals surface area contributed by atoms with E-state index in [9.17, 15) is 14.0 Å². The van der Waals surface area contributed by atoms with Crippen molar-refractivity contribution in [2.45, 2.75) is 13.8 Å². The molecule has 0 fully saturated rings. The molecule has 0 radical (unpaired) electrons. The van der Waals surface area contributed by atoms with E-state index in [1.165, 1.54) is 13.0 Å². The molecule has 0 saturated heterocycles. The summed E-state index contributed by atoms with van der Waals surface area (Å²) in [6, 6.07) is 3.55. The first-order chi connectivity index (χ1) is 9.27. The highest BCUT2D eigenvalue weighted by molar-refractivity contribution is 6.31. The van der Waals surface area contributed by atoms with E-state index in [2.05, 4.69) is 9.73 Å². The van der Waals surface area contributed by atoms with Crippen molar-refractivity contribution in [2.75, 3.05) is 6.61 Å². The standard InChI is InChI=1S/C8H7ClFN3O.C4H8O2/c9-4-1-2-6(10)5(3-4)7(14)13-8(11)12;1-3-6-4(2)5/h1-3H,(H4,11,12,13,14);3H2,1-2H3. The van der Waals surface area contributed by atoms with Crippen LogP contribution in [0.1, 0.15) is 24.2 Å². The molecule has 1 aromatic rings. The summed E-state index contributed by atoms with van der Waals surface area (Å²) < 4.78 is 17.4. The van der Waals surface area contributed by atoms with Crippen LogP contribution in [0, 0.1) is 5.82 Å². The van der Waals surface area contributed by atoms with Crippen molar-refractivity contribution in [1.29, 1.82) is 0 Å². The van der Waals surface area contributed by atoms with Gasteiger partial charge in [0.1, 0.15) is 5.82 Å².